The largest absolute Gasteiger partial charge is 0.446 e. The first-order chi connectivity index (χ1) is 7.65. The molecule has 0 aromatic rings. The third-order valence-corrected chi connectivity index (χ3v) is 3.52. The third kappa shape index (κ3) is 2.62. The van der Waals surface area contributed by atoms with Gasteiger partial charge in [0, 0.05) is 6.42 Å². The minimum absolute atomic E-state index is 0.0552. The highest BCUT2D eigenvalue weighted by atomic mass is 16.6. The lowest BCUT2D eigenvalue weighted by Gasteiger charge is -2.31. The quantitative estimate of drug-likeness (QED) is 0.775. The van der Waals surface area contributed by atoms with Crippen molar-refractivity contribution in [3.05, 3.63) is 12.2 Å². The summed E-state index contributed by atoms with van der Waals surface area (Å²) in [5, 5.41) is 0. The van der Waals surface area contributed by atoms with Crippen molar-refractivity contribution in [1.82, 2.24) is 0 Å². The van der Waals surface area contributed by atoms with Crippen LogP contribution in [0, 0.1) is 11.8 Å². The average Bonchev–Trinajstić information content (AvgIpc) is 2.64. The Morgan fingerprint density at radius 1 is 1.44 bits per heavy atom. The lowest BCUT2D eigenvalue weighted by atomic mass is 9.78. The third-order valence-electron chi connectivity index (χ3n) is 3.52. The molecule has 3 unspecified atom stereocenters. The van der Waals surface area contributed by atoms with Crippen molar-refractivity contribution < 1.29 is 14.3 Å². The van der Waals surface area contributed by atoms with Crippen LogP contribution in [0.1, 0.15) is 32.1 Å². The van der Waals surface area contributed by atoms with E-state index in [1.807, 2.05) is 6.08 Å². The Morgan fingerprint density at radius 3 is 2.88 bits per heavy atom. The molecule has 16 heavy (non-hydrogen) atoms. The van der Waals surface area contributed by atoms with Crippen LogP contribution in [-0.2, 0) is 9.53 Å². The van der Waals surface area contributed by atoms with Gasteiger partial charge in [-0.25, -0.2) is 4.79 Å². The van der Waals surface area contributed by atoms with E-state index in [2.05, 4.69) is 0 Å². The summed E-state index contributed by atoms with van der Waals surface area (Å²) >= 11 is 0. The van der Waals surface area contributed by atoms with E-state index in [9.17, 15) is 9.59 Å². The average molecular weight is 223 g/mol. The van der Waals surface area contributed by atoms with Gasteiger partial charge in [0.25, 0.3) is 0 Å². The predicted octanol–water partition coefficient (Wildman–Crippen LogP) is 1.79. The Labute approximate surface area is 94.8 Å². The minimum Gasteiger partial charge on any atom is -0.446 e. The van der Waals surface area contributed by atoms with Gasteiger partial charge < -0.3 is 10.5 Å². The molecule has 1 saturated carbocycles. The molecule has 0 aromatic carbocycles. The van der Waals surface area contributed by atoms with Crippen molar-refractivity contribution in [3.8, 4) is 0 Å². The minimum atomic E-state index is -0.691. The van der Waals surface area contributed by atoms with Gasteiger partial charge >= 0.3 is 6.09 Å². The second-order valence-electron chi connectivity index (χ2n) is 4.68. The number of nitrogens with two attached hydrogens (primary N) is 1. The smallest absolute Gasteiger partial charge is 0.404 e. The number of primary amides is 1. The van der Waals surface area contributed by atoms with Crippen LogP contribution in [0.4, 0.5) is 4.79 Å². The number of carbonyl (C=O) groups is 2. The van der Waals surface area contributed by atoms with E-state index >= 15 is 0 Å². The van der Waals surface area contributed by atoms with Crippen molar-refractivity contribution in [3.63, 3.8) is 0 Å². The number of hydrogen-bond acceptors (Lipinski definition) is 3. The van der Waals surface area contributed by atoms with E-state index in [1.54, 1.807) is 6.08 Å². The Bertz CT molecular complexity index is 324. The maximum Gasteiger partial charge on any atom is 0.404 e. The maximum atomic E-state index is 11.2. The van der Waals surface area contributed by atoms with Gasteiger partial charge in [0.1, 0.15) is 6.10 Å². The zero-order valence-corrected chi connectivity index (χ0v) is 9.22. The summed E-state index contributed by atoms with van der Waals surface area (Å²) in [6.07, 6.45) is 7.43. The second kappa shape index (κ2) is 4.68. The standard InChI is InChI=1S/C12H17NO3/c13-12(15)16-11-3-1-2-8(7-11)9-4-5-10(14)6-9/h4-5,8-9,11H,1-3,6-7H2,(H2,13,15). The summed E-state index contributed by atoms with van der Waals surface area (Å²) in [6.45, 7) is 0. The summed E-state index contributed by atoms with van der Waals surface area (Å²) < 4.78 is 5.04. The first-order valence-electron chi connectivity index (χ1n) is 5.82. The van der Waals surface area contributed by atoms with Gasteiger partial charge in [0.2, 0.25) is 0 Å². The first-order valence-corrected chi connectivity index (χ1v) is 5.82. The molecule has 2 rings (SSSR count). The van der Waals surface area contributed by atoms with Crippen molar-refractivity contribution in [2.75, 3.05) is 0 Å². The second-order valence-corrected chi connectivity index (χ2v) is 4.68. The van der Waals surface area contributed by atoms with E-state index in [1.165, 1.54) is 0 Å². The molecule has 0 heterocycles. The molecule has 0 saturated heterocycles. The molecule has 3 atom stereocenters. The summed E-state index contributed by atoms with van der Waals surface area (Å²) in [7, 11) is 0. The van der Waals surface area contributed by atoms with Crippen LogP contribution < -0.4 is 5.73 Å². The van der Waals surface area contributed by atoms with Crippen molar-refractivity contribution in [2.24, 2.45) is 17.6 Å². The molecule has 2 aliphatic rings. The van der Waals surface area contributed by atoms with Gasteiger partial charge in [0.15, 0.2) is 5.78 Å². The van der Waals surface area contributed by atoms with Crippen LogP contribution in [0.3, 0.4) is 0 Å². The molecule has 0 aromatic heterocycles. The molecular weight excluding hydrogens is 206 g/mol. The number of hydrogen-bond donors (Lipinski definition) is 1. The van der Waals surface area contributed by atoms with Gasteiger partial charge in [0.05, 0.1) is 0 Å². The lowest BCUT2D eigenvalue weighted by Crippen LogP contribution is -2.30. The molecule has 0 bridgehead atoms. The van der Waals surface area contributed by atoms with Crippen molar-refractivity contribution in [1.29, 1.82) is 0 Å². The van der Waals surface area contributed by atoms with Crippen molar-refractivity contribution in [2.45, 2.75) is 38.2 Å². The summed E-state index contributed by atoms with van der Waals surface area (Å²) in [4.78, 5) is 21.8. The Kier molecular flexibility index (Phi) is 3.27. The van der Waals surface area contributed by atoms with E-state index in [4.69, 9.17) is 10.5 Å². The Balaban J connectivity index is 1.89. The zero-order chi connectivity index (χ0) is 11.5. The molecule has 0 aliphatic heterocycles. The Morgan fingerprint density at radius 2 is 2.25 bits per heavy atom. The van der Waals surface area contributed by atoms with Gasteiger partial charge in [-0.1, -0.05) is 6.08 Å². The van der Waals surface area contributed by atoms with Gasteiger partial charge in [-0.15, -0.1) is 0 Å². The molecule has 2 N–H and O–H groups in total. The predicted molar refractivity (Wildman–Crippen MR) is 58.7 cm³/mol. The first kappa shape index (κ1) is 11.2. The number of allylic oxidation sites excluding steroid dienone is 2. The summed E-state index contributed by atoms with van der Waals surface area (Å²) in [5.74, 6) is 1.01. The highest BCUT2D eigenvalue weighted by Gasteiger charge is 2.31. The molecule has 88 valence electrons. The van der Waals surface area contributed by atoms with Crippen LogP contribution in [0.25, 0.3) is 0 Å². The number of rotatable bonds is 2. The normalized spacial score (nSPS) is 34.0. The fourth-order valence-corrected chi connectivity index (χ4v) is 2.76. The number of amides is 1. The molecule has 1 fully saturated rings. The summed E-state index contributed by atoms with van der Waals surface area (Å²) in [6, 6.07) is 0. The van der Waals surface area contributed by atoms with Gasteiger partial charge in [-0.05, 0) is 43.6 Å². The molecule has 0 radical (unpaired) electrons. The van der Waals surface area contributed by atoms with Gasteiger partial charge in [-0.3, -0.25) is 4.79 Å². The van der Waals surface area contributed by atoms with Crippen LogP contribution >= 0.6 is 0 Å². The number of ketones is 1. The maximum absolute atomic E-state index is 11.2. The lowest BCUT2D eigenvalue weighted by molar-refractivity contribution is -0.114. The number of ether oxygens (including phenoxy) is 1. The summed E-state index contributed by atoms with van der Waals surface area (Å²) in [5.41, 5.74) is 5.01. The van der Waals surface area contributed by atoms with Crippen molar-refractivity contribution >= 4 is 11.9 Å². The van der Waals surface area contributed by atoms with Crippen LogP contribution in [0.15, 0.2) is 12.2 Å². The van der Waals surface area contributed by atoms with Crippen LogP contribution in [0.5, 0.6) is 0 Å². The topological polar surface area (TPSA) is 69.4 Å². The van der Waals surface area contributed by atoms with Gasteiger partial charge in [-0.2, -0.15) is 0 Å². The van der Waals surface area contributed by atoms with E-state index in [0.29, 0.717) is 18.3 Å². The zero-order valence-electron chi connectivity index (χ0n) is 9.22. The van der Waals surface area contributed by atoms with Crippen LogP contribution in [-0.4, -0.2) is 18.0 Å². The molecule has 4 nitrogen and oxygen atoms in total. The highest BCUT2D eigenvalue weighted by molar-refractivity contribution is 5.92. The molecule has 0 spiro atoms. The monoisotopic (exact) mass is 223 g/mol. The van der Waals surface area contributed by atoms with Crippen LogP contribution in [0.2, 0.25) is 0 Å². The fraction of sp³-hybridized carbons (Fsp3) is 0.667. The van der Waals surface area contributed by atoms with E-state index in [0.717, 1.165) is 25.7 Å². The fourth-order valence-electron chi connectivity index (χ4n) is 2.76. The molecule has 1 amide bonds. The Hall–Kier alpha value is -1.32. The molecule has 4 heteroatoms. The highest BCUT2D eigenvalue weighted by Crippen LogP contribution is 2.36. The van der Waals surface area contributed by atoms with E-state index < -0.39 is 6.09 Å². The molecule has 2 aliphatic carbocycles. The van der Waals surface area contributed by atoms with E-state index in [-0.39, 0.29) is 11.9 Å². The molecular formula is C12H17NO3. The SMILES string of the molecule is NC(=O)OC1CCCC(C2C=CC(=O)C2)C1. The number of carbonyl (C=O) groups excluding carboxylic acids is 2.